The van der Waals surface area contributed by atoms with Gasteiger partial charge in [-0.2, -0.15) is 17.5 Å². The minimum absolute atomic E-state index is 0.00478. The predicted molar refractivity (Wildman–Crippen MR) is 169 cm³/mol. The van der Waals surface area contributed by atoms with Gasteiger partial charge in [0.1, 0.15) is 10.5 Å². The standard InChI is InChI=1S/C32H37F3N6O6S/c1-19-8-9-22(25(30(3,4)29(42)45-5)21-10-14-41-26(20(21)2)38-39-28(41)32(33,34)35)37-23(19)17-40-18-31(11-15-46-16-12-31)47-27-24(48(40,43)44)7-6-13-36-27/h6-10,13-14,25,43-44H,11-12,15-18H2,1-5H3. The fraction of sp³-hybridized carbons (Fsp3) is 0.469. The van der Waals surface area contributed by atoms with Crippen molar-refractivity contribution in [3.8, 4) is 5.88 Å². The third-order valence-corrected chi connectivity index (χ3v) is 11.2. The van der Waals surface area contributed by atoms with Gasteiger partial charge in [0, 0.05) is 36.8 Å². The average molecular weight is 691 g/mol. The van der Waals surface area contributed by atoms with Gasteiger partial charge in [-0.3, -0.25) is 23.3 Å². The Morgan fingerprint density at radius 3 is 2.54 bits per heavy atom. The molecule has 0 aliphatic carbocycles. The van der Waals surface area contributed by atoms with Crippen LogP contribution in [-0.4, -0.2) is 76.4 Å². The van der Waals surface area contributed by atoms with Gasteiger partial charge in [0.2, 0.25) is 11.7 Å². The summed E-state index contributed by atoms with van der Waals surface area (Å²) < 4.78 is 84.1. The molecule has 2 N–H and O–H groups in total. The van der Waals surface area contributed by atoms with E-state index in [-0.39, 0.29) is 29.5 Å². The molecule has 1 fully saturated rings. The Morgan fingerprint density at radius 1 is 1.12 bits per heavy atom. The lowest BCUT2D eigenvalue weighted by Crippen LogP contribution is -2.50. The number of halogens is 3. The number of nitrogens with zero attached hydrogens (tertiary/aromatic N) is 6. The minimum atomic E-state index is -4.72. The second-order valence-corrected chi connectivity index (χ2v) is 14.8. The van der Waals surface area contributed by atoms with Crippen LogP contribution < -0.4 is 4.74 Å². The van der Waals surface area contributed by atoms with E-state index in [9.17, 15) is 27.1 Å². The highest BCUT2D eigenvalue weighted by Gasteiger charge is 2.47. The topological polar surface area (TPSA) is 144 Å². The molecule has 1 unspecified atom stereocenters. The molecule has 258 valence electrons. The van der Waals surface area contributed by atoms with Gasteiger partial charge in [-0.1, -0.05) is 6.07 Å². The van der Waals surface area contributed by atoms with Gasteiger partial charge in [-0.25, -0.2) is 4.98 Å². The zero-order chi connectivity index (χ0) is 34.6. The van der Waals surface area contributed by atoms with Crippen molar-refractivity contribution in [1.29, 1.82) is 0 Å². The third kappa shape index (κ3) is 5.89. The minimum Gasteiger partial charge on any atom is -0.469 e. The number of hydrogen-bond donors (Lipinski definition) is 2. The monoisotopic (exact) mass is 690 g/mol. The number of ether oxygens (including phenoxy) is 3. The van der Waals surface area contributed by atoms with Crippen LogP contribution in [0.15, 0.2) is 47.6 Å². The molecule has 0 radical (unpaired) electrons. The quantitative estimate of drug-likeness (QED) is 0.232. The van der Waals surface area contributed by atoms with Crippen molar-refractivity contribution in [3.63, 3.8) is 0 Å². The highest BCUT2D eigenvalue weighted by Crippen LogP contribution is 2.58. The Kier molecular flexibility index (Phi) is 8.69. The molecule has 0 amide bonds. The Balaban J connectivity index is 1.46. The highest BCUT2D eigenvalue weighted by molar-refractivity contribution is 8.22. The summed E-state index contributed by atoms with van der Waals surface area (Å²) in [6.07, 6.45) is -0.922. The highest BCUT2D eigenvalue weighted by atomic mass is 32.3. The fourth-order valence-electron chi connectivity index (χ4n) is 6.58. The summed E-state index contributed by atoms with van der Waals surface area (Å²) in [7, 11) is -2.33. The fourth-order valence-corrected chi connectivity index (χ4v) is 8.16. The largest absolute Gasteiger partial charge is 0.469 e. The van der Waals surface area contributed by atoms with Crippen molar-refractivity contribution >= 4 is 22.4 Å². The van der Waals surface area contributed by atoms with E-state index in [0.29, 0.717) is 48.6 Å². The molecule has 0 bridgehead atoms. The molecule has 4 aromatic rings. The number of pyridine rings is 3. The van der Waals surface area contributed by atoms with Gasteiger partial charge in [0.25, 0.3) is 0 Å². The van der Waals surface area contributed by atoms with Crippen LogP contribution >= 0.6 is 10.8 Å². The van der Waals surface area contributed by atoms with E-state index in [1.165, 1.54) is 25.6 Å². The van der Waals surface area contributed by atoms with E-state index < -0.39 is 45.7 Å². The van der Waals surface area contributed by atoms with Crippen LogP contribution in [0.4, 0.5) is 13.2 Å². The van der Waals surface area contributed by atoms with Crippen LogP contribution in [0.5, 0.6) is 5.88 Å². The van der Waals surface area contributed by atoms with E-state index in [1.807, 2.05) is 13.0 Å². The number of methoxy groups -OCH3 is 1. The second kappa shape index (κ2) is 12.2. The summed E-state index contributed by atoms with van der Waals surface area (Å²) >= 11 is 0. The SMILES string of the molecule is COC(=O)C(C)(C)C(c1ccc(C)c(CN2CC3(CCOCC3)Oc3ncccc3S2(O)O)n1)c1ccn2c(C(F)(F)F)nnc2c1C. The molecule has 48 heavy (non-hydrogen) atoms. The number of alkyl halides is 3. The van der Waals surface area contributed by atoms with E-state index in [4.69, 9.17) is 19.2 Å². The van der Waals surface area contributed by atoms with Crippen LogP contribution in [0.1, 0.15) is 66.5 Å². The summed E-state index contributed by atoms with van der Waals surface area (Å²) in [6.45, 7) is 7.87. The maximum absolute atomic E-state index is 13.7. The molecule has 1 spiro atoms. The first-order valence-corrected chi connectivity index (χ1v) is 16.8. The second-order valence-electron chi connectivity index (χ2n) is 12.8. The number of aryl methyl sites for hydroxylation is 2. The molecule has 0 saturated carbocycles. The van der Waals surface area contributed by atoms with Gasteiger partial charge in [-0.05, 0) is 68.7 Å². The lowest BCUT2D eigenvalue weighted by molar-refractivity contribution is -0.151. The van der Waals surface area contributed by atoms with Crippen molar-refractivity contribution in [3.05, 3.63) is 76.6 Å². The molecule has 6 rings (SSSR count). The molecule has 1 saturated heterocycles. The van der Waals surface area contributed by atoms with Gasteiger partial charge in [-0.15, -0.1) is 21.0 Å². The van der Waals surface area contributed by atoms with Gasteiger partial charge in [0.05, 0.1) is 44.5 Å². The summed E-state index contributed by atoms with van der Waals surface area (Å²) in [5, 5.41) is 7.22. The van der Waals surface area contributed by atoms with Crippen LogP contribution in [-0.2, 0) is 27.0 Å². The number of carbonyl (C=O) groups is 1. The van der Waals surface area contributed by atoms with Crippen molar-refractivity contribution in [1.82, 2.24) is 28.9 Å². The first-order chi connectivity index (χ1) is 22.6. The number of hydrogen-bond acceptors (Lipinski definition) is 11. The Labute approximate surface area is 276 Å². The molecule has 1 atom stereocenters. The molecule has 6 heterocycles. The Bertz CT molecular complexity index is 1860. The first-order valence-electron chi connectivity index (χ1n) is 15.3. The van der Waals surface area contributed by atoms with E-state index >= 15 is 0 Å². The van der Waals surface area contributed by atoms with Crippen LogP contribution in [0.2, 0.25) is 0 Å². The molecule has 16 heteroatoms. The normalized spacial score (nSPS) is 19.3. The summed E-state index contributed by atoms with van der Waals surface area (Å²) in [6, 6.07) is 8.30. The molecular formula is C32H37F3N6O6S. The molecule has 2 aliphatic rings. The van der Waals surface area contributed by atoms with Gasteiger partial charge < -0.3 is 14.2 Å². The first kappa shape index (κ1) is 34.0. The van der Waals surface area contributed by atoms with Crippen LogP contribution in [0.3, 0.4) is 0 Å². The third-order valence-electron chi connectivity index (χ3n) is 9.28. The van der Waals surface area contributed by atoms with E-state index in [2.05, 4.69) is 15.2 Å². The van der Waals surface area contributed by atoms with Crippen molar-refractivity contribution in [2.45, 2.75) is 69.7 Å². The number of rotatable bonds is 6. The Morgan fingerprint density at radius 2 is 1.85 bits per heavy atom. The molecule has 2 aliphatic heterocycles. The van der Waals surface area contributed by atoms with Crippen molar-refractivity contribution < 1.29 is 41.3 Å². The van der Waals surface area contributed by atoms with Crippen LogP contribution in [0.25, 0.3) is 5.65 Å². The smallest absolute Gasteiger partial charge is 0.452 e. The van der Waals surface area contributed by atoms with E-state index in [1.54, 1.807) is 43.3 Å². The van der Waals surface area contributed by atoms with Gasteiger partial charge >= 0.3 is 12.1 Å². The molecule has 4 aromatic heterocycles. The van der Waals surface area contributed by atoms with Gasteiger partial charge in [0.15, 0.2) is 5.65 Å². The number of carbonyl (C=O) groups excluding carboxylic acids is 1. The van der Waals surface area contributed by atoms with Crippen molar-refractivity contribution in [2.75, 3.05) is 26.9 Å². The molecular weight excluding hydrogens is 653 g/mol. The lowest BCUT2D eigenvalue weighted by Gasteiger charge is -2.44. The van der Waals surface area contributed by atoms with Crippen LogP contribution in [0, 0.1) is 19.3 Å². The average Bonchev–Trinajstić information content (AvgIpc) is 3.46. The summed E-state index contributed by atoms with van der Waals surface area (Å²) in [5.74, 6) is -2.36. The Hall–Kier alpha value is -3.83. The lowest BCUT2D eigenvalue weighted by atomic mass is 9.72. The zero-order valence-corrected chi connectivity index (χ0v) is 27.9. The maximum atomic E-state index is 13.7. The van der Waals surface area contributed by atoms with Crippen molar-refractivity contribution in [2.24, 2.45) is 5.41 Å². The number of aromatic nitrogens is 5. The number of esters is 1. The van der Waals surface area contributed by atoms with E-state index in [0.717, 1.165) is 9.96 Å². The predicted octanol–water partition coefficient (Wildman–Crippen LogP) is 5.95. The molecule has 12 nitrogen and oxygen atoms in total. The molecule has 0 aromatic carbocycles. The maximum Gasteiger partial charge on any atom is 0.452 e. The summed E-state index contributed by atoms with van der Waals surface area (Å²) in [4.78, 5) is 22.8. The zero-order valence-electron chi connectivity index (χ0n) is 27.1. The summed E-state index contributed by atoms with van der Waals surface area (Å²) in [5.41, 5.74) is 0.535. The number of fused-ring (bicyclic) bond motifs is 2.